The summed E-state index contributed by atoms with van der Waals surface area (Å²) in [6, 6.07) is 7.31. The van der Waals surface area contributed by atoms with Crippen LogP contribution >= 0.6 is 0 Å². The number of nitrogen functional groups attached to an aromatic ring is 1. The number of aromatic nitrogens is 2. The Kier molecular flexibility index (Phi) is 3.78. The van der Waals surface area contributed by atoms with Gasteiger partial charge in [0, 0.05) is 18.8 Å². The second-order valence-corrected chi connectivity index (χ2v) is 3.84. The number of hydrogen-bond acceptors (Lipinski definition) is 6. The molecule has 0 bridgehead atoms. The van der Waals surface area contributed by atoms with Gasteiger partial charge in [-0.3, -0.25) is 0 Å². The maximum absolute atomic E-state index is 9.01. The highest BCUT2D eigenvalue weighted by Crippen LogP contribution is 2.16. The number of hydrogen-bond donors (Lipinski definition) is 2. The van der Waals surface area contributed by atoms with Gasteiger partial charge in [-0.2, -0.15) is 5.26 Å². The van der Waals surface area contributed by atoms with Crippen molar-refractivity contribution in [2.45, 2.75) is 6.54 Å². The van der Waals surface area contributed by atoms with Crippen LogP contribution in [0.1, 0.15) is 11.1 Å². The fraction of sp³-hybridized carbons (Fsp3) is 0.154. The molecule has 0 unspecified atom stereocenters. The molecule has 3 N–H and O–H groups in total. The van der Waals surface area contributed by atoms with Gasteiger partial charge in [0.15, 0.2) is 0 Å². The highest BCUT2D eigenvalue weighted by molar-refractivity contribution is 5.57. The summed E-state index contributed by atoms with van der Waals surface area (Å²) in [5.74, 6) is 1.05. The van der Waals surface area contributed by atoms with Crippen molar-refractivity contribution >= 4 is 11.5 Å². The lowest BCUT2D eigenvalue weighted by atomic mass is 10.2. The number of pyridine rings is 2. The van der Waals surface area contributed by atoms with E-state index in [9.17, 15) is 0 Å². The van der Waals surface area contributed by atoms with Gasteiger partial charge in [-0.1, -0.05) is 0 Å². The van der Waals surface area contributed by atoms with Crippen molar-refractivity contribution < 1.29 is 4.74 Å². The summed E-state index contributed by atoms with van der Waals surface area (Å²) in [5, 5.41) is 12.1. The van der Waals surface area contributed by atoms with Crippen LogP contribution in [0.5, 0.6) is 5.88 Å². The first-order valence-electron chi connectivity index (χ1n) is 5.61. The molecule has 2 aromatic rings. The molecular weight excluding hydrogens is 242 g/mol. The molecule has 0 saturated carbocycles. The normalized spacial score (nSPS) is 9.68. The summed E-state index contributed by atoms with van der Waals surface area (Å²) in [5.41, 5.74) is 7.45. The van der Waals surface area contributed by atoms with Crippen LogP contribution < -0.4 is 15.8 Å². The quantitative estimate of drug-likeness (QED) is 0.860. The minimum Gasteiger partial charge on any atom is -0.481 e. The second kappa shape index (κ2) is 5.69. The molecule has 0 aliphatic heterocycles. The third-order valence-electron chi connectivity index (χ3n) is 2.50. The number of nitriles is 1. The zero-order valence-electron chi connectivity index (χ0n) is 10.4. The summed E-state index contributed by atoms with van der Waals surface area (Å²) < 4.78 is 5.04. The number of anilines is 2. The van der Waals surface area contributed by atoms with Gasteiger partial charge in [0.2, 0.25) is 5.88 Å². The van der Waals surface area contributed by atoms with Gasteiger partial charge in [0.25, 0.3) is 0 Å². The summed E-state index contributed by atoms with van der Waals surface area (Å²) >= 11 is 0. The van der Waals surface area contributed by atoms with E-state index in [-0.39, 0.29) is 0 Å². The number of nitrogens with one attached hydrogen (secondary N) is 1. The molecule has 0 spiro atoms. The van der Waals surface area contributed by atoms with E-state index in [4.69, 9.17) is 15.7 Å². The Hall–Kier alpha value is -2.81. The van der Waals surface area contributed by atoms with E-state index in [0.29, 0.717) is 29.5 Å². The van der Waals surface area contributed by atoms with Crippen molar-refractivity contribution in [2.24, 2.45) is 0 Å². The zero-order chi connectivity index (χ0) is 13.7. The molecular formula is C13H13N5O. The van der Waals surface area contributed by atoms with Gasteiger partial charge < -0.3 is 15.8 Å². The summed E-state index contributed by atoms with van der Waals surface area (Å²) in [6.07, 6.45) is 3.17. The van der Waals surface area contributed by atoms with E-state index in [1.165, 1.54) is 6.20 Å². The van der Waals surface area contributed by atoms with Crippen LogP contribution in [0.15, 0.2) is 30.6 Å². The van der Waals surface area contributed by atoms with Gasteiger partial charge in [0.1, 0.15) is 11.9 Å². The number of rotatable bonds is 4. The monoisotopic (exact) mass is 255 g/mol. The van der Waals surface area contributed by atoms with E-state index in [1.807, 2.05) is 12.1 Å². The third kappa shape index (κ3) is 3.10. The van der Waals surface area contributed by atoms with Gasteiger partial charge in [-0.05, 0) is 17.7 Å². The molecule has 19 heavy (non-hydrogen) atoms. The second-order valence-electron chi connectivity index (χ2n) is 3.84. The minimum atomic E-state index is 0.418. The Morgan fingerprint density at radius 2 is 2.26 bits per heavy atom. The summed E-state index contributed by atoms with van der Waals surface area (Å²) in [4.78, 5) is 8.12. The zero-order valence-corrected chi connectivity index (χ0v) is 10.4. The average molecular weight is 255 g/mol. The molecule has 2 aromatic heterocycles. The maximum Gasteiger partial charge on any atom is 0.213 e. The van der Waals surface area contributed by atoms with Crippen LogP contribution in [0.3, 0.4) is 0 Å². The van der Waals surface area contributed by atoms with E-state index in [2.05, 4.69) is 21.4 Å². The van der Waals surface area contributed by atoms with Crippen LogP contribution in [-0.4, -0.2) is 17.1 Å². The first kappa shape index (κ1) is 12.6. The van der Waals surface area contributed by atoms with Crippen molar-refractivity contribution in [2.75, 3.05) is 18.2 Å². The van der Waals surface area contributed by atoms with E-state index in [0.717, 1.165) is 5.56 Å². The molecule has 96 valence electrons. The van der Waals surface area contributed by atoms with E-state index in [1.54, 1.807) is 19.4 Å². The van der Waals surface area contributed by atoms with Gasteiger partial charge in [0.05, 0.1) is 24.6 Å². The molecule has 0 atom stereocenters. The number of ether oxygens (including phenoxy) is 1. The molecule has 6 heteroatoms. The van der Waals surface area contributed by atoms with Crippen molar-refractivity contribution in [3.05, 3.63) is 41.7 Å². The fourth-order valence-electron chi connectivity index (χ4n) is 1.56. The molecule has 2 heterocycles. The van der Waals surface area contributed by atoms with Gasteiger partial charge >= 0.3 is 0 Å². The van der Waals surface area contributed by atoms with Crippen molar-refractivity contribution in [3.8, 4) is 11.9 Å². The van der Waals surface area contributed by atoms with Crippen molar-refractivity contribution in [1.29, 1.82) is 5.26 Å². The highest BCUT2D eigenvalue weighted by atomic mass is 16.5. The SMILES string of the molecule is COc1cc(CNc2ncc(N)cc2C#N)ccn1. The molecule has 0 fully saturated rings. The smallest absolute Gasteiger partial charge is 0.213 e. The van der Waals surface area contributed by atoms with Crippen LogP contribution in [0.2, 0.25) is 0 Å². The third-order valence-corrected chi connectivity index (χ3v) is 2.50. The Morgan fingerprint density at radius 1 is 1.42 bits per heavy atom. The van der Waals surface area contributed by atoms with E-state index >= 15 is 0 Å². The predicted octanol–water partition coefficient (Wildman–Crippen LogP) is 1.55. The van der Waals surface area contributed by atoms with Crippen LogP contribution in [0, 0.1) is 11.3 Å². The lowest BCUT2D eigenvalue weighted by molar-refractivity contribution is 0.397. The van der Waals surface area contributed by atoms with Crippen molar-refractivity contribution in [1.82, 2.24) is 9.97 Å². The topological polar surface area (TPSA) is 96.9 Å². The first-order valence-corrected chi connectivity index (χ1v) is 5.61. The Bertz CT molecular complexity index is 621. The average Bonchev–Trinajstić information content (AvgIpc) is 2.46. The molecule has 0 radical (unpaired) electrons. The largest absolute Gasteiger partial charge is 0.481 e. The lowest BCUT2D eigenvalue weighted by Crippen LogP contribution is -2.04. The summed E-state index contributed by atoms with van der Waals surface area (Å²) in [7, 11) is 1.56. The first-order chi connectivity index (χ1) is 9.22. The number of nitrogens with two attached hydrogens (primary N) is 1. The Balaban J connectivity index is 2.12. The highest BCUT2D eigenvalue weighted by Gasteiger charge is 2.04. The molecule has 0 amide bonds. The number of nitrogens with zero attached hydrogens (tertiary/aromatic N) is 3. The lowest BCUT2D eigenvalue weighted by Gasteiger charge is -2.08. The maximum atomic E-state index is 9.01. The molecule has 0 saturated heterocycles. The molecule has 0 aliphatic carbocycles. The molecule has 6 nitrogen and oxygen atoms in total. The van der Waals surface area contributed by atoms with Gasteiger partial charge in [-0.15, -0.1) is 0 Å². The van der Waals surface area contributed by atoms with E-state index < -0.39 is 0 Å². The molecule has 0 aromatic carbocycles. The minimum absolute atomic E-state index is 0.418. The molecule has 0 aliphatic rings. The molecule has 2 rings (SSSR count). The standard InChI is InChI=1S/C13H13N5O/c1-19-12-4-9(2-3-16-12)7-17-13-10(6-14)5-11(15)8-18-13/h2-5,8H,7,15H2,1H3,(H,17,18). The Labute approximate surface area is 110 Å². The van der Waals surface area contributed by atoms with Crippen molar-refractivity contribution in [3.63, 3.8) is 0 Å². The van der Waals surface area contributed by atoms with Crippen LogP contribution in [-0.2, 0) is 6.54 Å². The Morgan fingerprint density at radius 3 is 3.00 bits per heavy atom. The fourth-order valence-corrected chi connectivity index (χ4v) is 1.56. The van der Waals surface area contributed by atoms with Gasteiger partial charge in [-0.25, -0.2) is 9.97 Å². The summed E-state index contributed by atoms with van der Waals surface area (Å²) in [6.45, 7) is 0.518. The van der Waals surface area contributed by atoms with Crippen LogP contribution in [0.25, 0.3) is 0 Å². The van der Waals surface area contributed by atoms with Crippen LogP contribution in [0.4, 0.5) is 11.5 Å². The predicted molar refractivity (Wildman–Crippen MR) is 71.5 cm³/mol. The number of methoxy groups -OCH3 is 1.